The molecule has 11 unspecified atom stereocenters. The largest absolute Gasteiger partial charge is 0.393 e. The molecule has 4 aliphatic carbocycles. The van der Waals surface area contributed by atoms with Gasteiger partial charge in [0.15, 0.2) is 0 Å². The van der Waals surface area contributed by atoms with Crippen LogP contribution in [0.15, 0.2) is 30.5 Å². The Hall–Kier alpha value is -1.89. The van der Waals surface area contributed by atoms with Crippen molar-refractivity contribution in [2.24, 2.45) is 52.3 Å². The van der Waals surface area contributed by atoms with Gasteiger partial charge < -0.3 is 25.2 Å². The maximum absolute atomic E-state index is 13.2. The highest BCUT2D eigenvalue weighted by molar-refractivity contribution is 6.01. The van der Waals surface area contributed by atoms with Gasteiger partial charge in [0.05, 0.1) is 29.5 Å². The van der Waals surface area contributed by atoms with Crippen molar-refractivity contribution in [2.45, 2.75) is 117 Å². The molecular weight excluding hydrogens is 524 g/mol. The summed E-state index contributed by atoms with van der Waals surface area (Å²) in [6.07, 6.45) is 8.63. The molecule has 0 spiro atoms. The van der Waals surface area contributed by atoms with Gasteiger partial charge in [-0.05, 0) is 122 Å². The number of carbonyl (C=O) groups is 1. The van der Waals surface area contributed by atoms with Crippen molar-refractivity contribution in [1.82, 2.24) is 4.57 Å². The number of hydrogen-bond acceptors (Lipinski definition) is 4. The van der Waals surface area contributed by atoms with E-state index in [1.54, 1.807) is 0 Å². The molecule has 2 aromatic rings. The molecule has 6 nitrogen and oxygen atoms in total. The summed E-state index contributed by atoms with van der Waals surface area (Å²) in [7, 11) is 0. The fourth-order valence-electron chi connectivity index (χ4n) is 10.8. The Morgan fingerprint density at radius 3 is 2.57 bits per heavy atom. The third kappa shape index (κ3) is 4.94. The summed E-state index contributed by atoms with van der Waals surface area (Å²) in [6.45, 7) is 12.3. The third-order valence-electron chi connectivity index (χ3n) is 13.0. The number of aliphatic hydroxyl groups is 3. The molecule has 0 aliphatic heterocycles. The van der Waals surface area contributed by atoms with Crippen molar-refractivity contribution >= 4 is 22.5 Å². The van der Waals surface area contributed by atoms with E-state index in [9.17, 15) is 20.1 Å². The summed E-state index contributed by atoms with van der Waals surface area (Å²) >= 11 is 0. The van der Waals surface area contributed by atoms with Crippen molar-refractivity contribution in [3.8, 4) is 0 Å². The quantitative estimate of drug-likeness (QED) is 0.297. The number of benzene rings is 1. The maximum atomic E-state index is 13.2. The Morgan fingerprint density at radius 1 is 1.02 bits per heavy atom. The normalized spacial score (nSPS) is 40.4. The number of hydrogen-bond donors (Lipinski definition) is 4. The molecule has 4 fully saturated rings. The van der Waals surface area contributed by atoms with Crippen LogP contribution in [0.3, 0.4) is 0 Å². The second-order valence-electron chi connectivity index (χ2n) is 15.7. The average Bonchev–Trinajstić information content (AvgIpc) is 3.51. The van der Waals surface area contributed by atoms with E-state index in [1.807, 2.05) is 12.1 Å². The Labute approximate surface area is 252 Å². The van der Waals surface area contributed by atoms with Crippen molar-refractivity contribution < 1.29 is 20.1 Å². The van der Waals surface area contributed by atoms with E-state index in [4.69, 9.17) is 0 Å². The minimum Gasteiger partial charge on any atom is -0.393 e. The summed E-state index contributed by atoms with van der Waals surface area (Å²) in [5, 5.41) is 38.0. The van der Waals surface area contributed by atoms with Gasteiger partial charge in [0, 0.05) is 24.5 Å². The van der Waals surface area contributed by atoms with Crippen LogP contribution >= 0.6 is 0 Å². The summed E-state index contributed by atoms with van der Waals surface area (Å²) in [5.74, 6) is 2.43. The summed E-state index contributed by atoms with van der Waals surface area (Å²) in [5.41, 5.74) is 1.88. The molecule has 11 atom stereocenters. The van der Waals surface area contributed by atoms with Gasteiger partial charge in [-0.15, -0.1) is 0 Å². The Kier molecular flexibility index (Phi) is 8.06. The second-order valence-corrected chi connectivity index (χ2v) is 15.7. The molecular formula is C36H54N2O4. The molecule has 0 saturated heterocycles. The molecule has 1 aromatic heterocycles. The molecule has 1 aromatic carbocycles. The summed E-state index contributed by atoms with van der Waals surface area (Å²) < 4.78 is 2.26. The fourth-order valence-corrected chi connectivity index (χ4v) is 10.8. The lowest BCUT2D eigenvalue weighted by Crippen LogP contribution is -2.62. The fraction of sp³-hybridized carbons (Fsp3) is 0.750. The maximum Gasteiger partial charge on any atom is 0.224 e. The zero-order chi connectivity index (χ0) is 30.0. The zero-order valence-electron chi connectivity index (χ0n) is 26.4. The predicted octanol–water partition coefficient (Wildman–Crippen LogP) is 6.61. The smallest absolute Gasteiger partial charge is 0.224 e. The first-order chi connectivity index (χ1) is 19.9. The second kappa shape index (κ2) is 11.2. The van der Waals surface area contributed by atoms with Gasteiger partial charge in [0.1, 0.15) is 0 Å². The molecule has 4 aliphatic rings. The van der Waals surface area contributed by atoms with E-state index in [0.29, 0.717) is 41.9 Å². The van der Waals surface area contributed by atoms with Gasteiger partial charge in [0.2, 0.25) is 5.91 Å². The third-order valence-corrected chi connectivity index (χ3v) is 13.0. The zero-order valence-corrected chi connectivity index (χ0v) is 26.4. The van der Waals surface area contributed by atoms with Gasteiger partial charge in [-0.1, -0.05) is 40.7 Å². The predicted molar refractivity (Wildman–Crippen MR) is 168 cm³/mol. The van der Waals surface area contributed by atoms with Crippen molar-refractivity contribution in [2.75, 3.05) is 5.32 Å². The highest BCUT2D eigenvalue weighted by atomic mass is 16.3. The Bertz CT molecular complexity index is 1290. The van der Waals surface area contributed by atoms with Crippen LogP contribution in [0.4, 0.5) is 5.69 Å². The lowest BCUT2D eigenvalue weighted by molar-refractivity contribution is -0.207. The van der Waals surface area contributed by atoms with Crippen LogP contribution in [0.2, 0.25) is 0 Å². The number of nitrogens with zero attached hydrogens (tertiary/aromatic N) is 1. The topological polar surface area (TPSA) is 94.7 Å². The van der Waals surface area contributed by atoms with Gasteiger partial charge in [0.25, 0.3) is 0 Å². The lowest BCUT2D eigenvalue weighted by atomic mass is 9.43. The SMILES string of the molecule is CC(C)Cn1ccc2c(NC(=O)CCC(C)C3CCC4C5C(O)CC6CC(O)CCC6(C)C5CC(O)C34C)cccc21. The number of amides is 1. The number of fused-ring (bicyclic) bond motifs is 6. The molecule has 0 radical (unpaired) electrons. The van der Waals surface area contributed by atoms with Crippen LogP contribution in [-0.4, -0.2) is 44.1 Å². The minimum atomic E-state index is -0.394. The molecule has 4 N–H and O–H groups in total. The van der Waals surface area contributed by atoms with Crippen molar-refractivity contribution in [3.63, 3.8) is 0 Å². The van der Waals surface area contributed by atoms with Crippen molar-refractivity contribution in [1.29, 1.82) is 0 Å². The standard InChI is InChI=1S/C36H54N2O4/c1-21(2)20-38-16-14-25-29(7-6-8-30(25)38)37-33(42)12-9-22(3)26-10-11-27-34-28(19-32(41)36(26,27)5)35(4)15-13-24(39)17-23(35)18-31(34)40/h6-8,14,16,21-24,26-28,31-32,34,39-41H,9-13,15,17-20H2,1-5H3,(H,37,42). The van der Waals surface area contributed by atoms with Crippen LogP contribution in [0.5, 0.6) is 0 Å². The van der Waals surface area contributed by atoms with E-state index in [1.165, 1.54) is 0 Å². The molecule has 6 rings (SSSR count). The van der Waals surface area contributed by atoms with E-state index < -0.39 is 6.10 Å². The number of rotatable bonds is 7. The molecule has 6 heteroatoms. The van der Waals surface area contributed by atoms with Crippen LogP contribution in [0, 0.1) is 52.3 Å². The molecule has 1 heterocycles. The van der Waals surface area contributed by atoms with Crippen LogP contribution < -0.4 is 5.32 Å². The number of aromatic nitrogens is 1. The monoisotopic (exact) mass is 578 g/mol. The summed E-state index contributed by atoms with van der Waals surface area (Å²) in [4.78, 5) is 13.2. The van der Waals surface area contributed by atoms with Gasteiger partial charge in [-0.25, -0.2) is 0 Å². The van der Waals surface area contributed by atoms with Crippen molar-refractivity contribution in [3.05, 3.63) is 30.5 Å². The first-order valence-corrected chi connectivity index (χ1v) is 16.8. The summed E-state index contributed by atoms with van der Waals surface area (Å²) in [6, 6.07) is 8.24. The number of anilines is 1. The molecule has 42 heavy (non-hydrogen) atoms. The van der Waals surface area contributed by atoms with Crippen LogP contribution in [-0.2, 0) is 11.3 Å². The van der Waals surface area contributed by atoms with E-state index in [0.717, 1.165) is 74.5 Å². The van der Waals surface area contributed by atoms with Gasteiger partial charge in [-0.3, -0.25) is 4.79 Å². The van der Waals surface area contributed by atoms with Crippen LogP contribution in [0.1, 0.15) is 92.4 Å². The molecule has 232 valence electrons. The number of aliphatic hydroxyl groups excluding tert-OH is 3. The van der Waals surface area contributed by atoms with Gasteiger partial charge in [-0.2, -0.15) is 0 Å². The molecule has 1 amide bonds. The Morgan fingerprint density at radius 2 is 1.81 bits per heavy atom. The first-order valence-electron chi connectivity index (χ1n) is 16.8. The molecule has 4 saturated carbocycles. The Balaban J connectivity index is 1.12. The number of nitrogens with one attached hydrogen (secondary N) is 1. The number of carbonyl (C=O) groups excluding carboxylic acids is 1. The van der Waals surface area contributed by atoms with E-state index >= 15 is 0 Å². The molecule has 0 bridgehead atoms. The highest BCUT2D eigenvalue weighted by Crippen LogP contribution is 2.68. The van der Waals surface area contributed by atoms with Crippen LogP contribution in [0.25, 0.3) is 10.9 Å². The lowest BCUT2D eigenvalue weighted by Gasteiger charge is -2.63. The van der Waals surface area contributed by atoms with Gasteiger partial charge >= 0.3 is 0 Å². The average molecular weight is 579 g/mol. The van der Waals surface area contributed by atoms with E-state index in [2.05, 4.69) is 62.8 Å². The highest BCUT2D eigenvalue weighted by Gasteiger charge is 2.65. The first kappa shape index (κ1) is 30.1. The minimum absolute atomic E-state index is 0.0519. The van der Waals surface area contributed by atoms with E-state index in [-0.39, 0.29) is 34.9 Å².